The second kappa shape index (κ2) is 10.1. The SMILES string of the molecule is COc1ccc(N2C(=O)C(Cl)=C(Nc3cc(C(=O)Nc4ccccc4C)ccc3C)C2=O)c(OC)c1. The number of halogens is 1. The number of rotatable bonds is 7. The van der Waals surface area contributed by atoms with Gasteiger partial charge in [-0.1, -0.05) is 35.9 Å². The van der Waals surface area contributed by atoms with Gasteiger partial charge < -0.3 is 20.1 Å². The Hall–Kier alpha value is -4.30. The van der Waals surface area contributed by atoms with Crippen LogP contribution < -0.4 is 25.0 Å². The van der Waals surface area contributed by atoms with E-state index in [-0.39, 0.29) is 28.1 Å². The summed E-state index contributed by atoms with van der Waals surface area (Å²) in [6.45, 7) is 3.71. The Bertz CT molecular complexity index is 1420. The van der Waals surface area contributed by atoms with Crippen molar-refractivity contribution in [1.82, 2.24) is 0 Å². The van der Waals surface area contributed by atoms with Crippen LogP contribution in [0.4, 0.5) is 17.1 Å². The molecule has 0 saturated heterocycles. The van der Waals surface area contributed by atoms with E-state index < -0.39 is 11.8 Å². The first-order valence-electron chi connectivity index (χ1n) is 11.0. The molecule has 1 aliphatic heterocycles. The maximum atomic E-state index is 13.3. The highest BCUT2D eigenvalue weighted by atomic mass is 35.5. The van der Waals surface area contributed by atoms with Gasteiger partial charge in [-0.05, 0) is 55.3 Å². The number of anilines is 3. The smallest absolute Gasteiger partial charge is 0.283 e. The average molecular weight is 506 g/mol. The van der Waals surface area contributed by atoms with Gasteiger partial charge in [0.25, 0.3) is 17.7 Å². The van der Waals surface area contributed by atoms with E-state index >= 15 is 0 Å². The van der Waals surface area contributed by atoms with Crippen LogP contribution in [0.25, 0.3) is 0 Å². The molecule has 8 nitrogen and oxygen atoms in total. The molecule has 0 aliphatic carbocycles. The zero-order valence-corrected chi connectivity index (χ0v) is 20.9. The van der Waals surface area contributed by atoms with Crippen molar-refractivity contribution < 1.29 is 23.9 Å². The molecule has 0 saturated carbocycles. The van der Waals surface area contributed by atoms with Gasteiger partial charge in [0.2, 0.25) is 0 Å². The third-order valence-electron chi connectivity index (χ3n) is 5.81. The molecule has 0 atom stereocenters. The highest BCUT2D eigenvalue weighted by Gasteiger charge is 2.40. The summed E-state index contributed by atoms with van der Waals surface area (Å²) in [5.74, 6) is -0.886. The first kappa shape index (κ1) is 24.8. The fourth-order valence-electron chi connectivity index (χ4n) is 3.74. The predicted octanol–water partition coefficient (Wildman–Crippen LogP) is 5.01. The van der Waals surface area contributed by atoms with Crippen LogP contribution in [0.3, 0.4) is 0 Å². The molecule has 0 spiro atoms. The average Bonchev–Trinajstić information content (AvgIpc) is 3.09. The second-order valence-corrected chi connectivity index (χ2v) is 8.47. The van der Waals surface area contributed by atoms with Gasteiger partial charge in [-0.3, -0.25) is 14.4 Å². The molecule has 2 N–H and O–H groups in total. The van der Waals surface area contributed by atoms with Gasteiger partial charge in [-0.2, -0.15) is 0 Å². The Morgan fingerprint density at radius 1 is 0.861 bits per heavy atom. The minimum absolute atomic E-state index is 0.0981. The maximum absolute atomic E-state index is 13.3. The van der Waals surface area contributed by atoms with Crippen LogP contribution >= 0.6 is 11.6 Å². The number of carbonyl (C=O) groups is 3. The van der Waals surface area contributed by atoms with Crippen LogP contribution in [-0.4, -0.2) is 31.9 Å². The summed E-state index contributed by atoms with van der Waals surface area (Å²) >= 11 is 6.31. The Morgan fingerprint density at radius 3 is 2.28 bits per heavy atom. The molecule has 3 aromatic rings. The molecule has 0 bridgehead atoms. The molecule has 0 unspecified atom stereocenters. The van der Waals surface area contributed by atoms with E-state index in [4.69, 9.17) is 21.1 Å². The number of para-hydroxylation sites is 1. The molecule has 3 amide bonds. The van der Waals surface area contributed by atoms with Gasteiger partial charge in [0.15, 0.2) is 0 Å². The van der Waals surface area contributed by atoms with Gasteiger partial charge >= 0.3 is 0 Å². The number of aryl methyl sites for hydroxylation is 2. The Morgan fingerprint density at radius 2 is 1.58 bits per heavy atom. The first-order chi connectivity index (χ1) is 17.2. The predicted molar refractivity (Wildman–Crippen MR) is 139 cm³/mol. The monoisotopic (exact) mass is 505 g/mol. The summed E-state index contributed by atoms with van der Waals surface area (Å²) in [7, 11) is 2.92. The minimum atomic E-state index is -0.696. The molecule has 36 heavy (non-hydrogen) atoms. The van der Waals surface area contributed by atoms with Crippen molar-refractivity contribution in [3.05, 3.63) is 88.1 Å². The third-order valence-corrected chi connectivity index (χ3v) is 6.16. The number of imide groups is 1. The fourth-order valence-corrected chi connectivity index (χ4v) is 3.95. The molecule has 1 aliphatic rings. The Labute approximate surface area is 213 Å². The molecule has 0 radical (unpaired) electrons. The number of hydrogen-bond acceptors (Lipinski definition) is 6. The van der Waals surface area contributed by atoms with Crippen molar-refractivity contribution in [2.24, 2.45) is 0 Å². The summed E-state index contributed by atoms with van der Waals surface area (Å²) in [4.78, 5) is 40.1. The summed E-state index contributed by atoms with van der Waals surface area (Å²) in [5.41, 5.74) is 3.34. The number of benzene rings is 3. The van der Waals surface area contributed by atoms with Crippen LogP contribution in [0.1, 0.15) is 21.5 Å². The summed E-state index contributed by atoms with van der Waals surface area (Å²) in [6.07, 6.45) is 0. The number of hydrogen-bond donors (Lipinski definition) is 2. The fraction of sp³-hybridized carbons (Fsp3) is 0.148. The zero-order chi connectivity index (χ0) is 26.0. The molecule has 0 aromatic heterocycles. The van der Waals surface area contributed by atoms with Crippen molar-refractivity contribution in [3.8, 4) is 11.5 Å². The van der Waals surface area contributed by atoms with Crippen LogP contribution in [0.2, 0.25) is 0 Å². The van der Waals surface area contributed by atoms with E-state index in [0.717, 1.165) is 16.0 Å². The lowest BCUT2D eigenvalue weighted by molar-refractivity contribution is -0.120. The number of nitrogens with one attached hydrogen (secondary N) is 2. The number of nitrogens with zero attached hydrogens (tertiary/aromatic N) is 1. The van der Waals surface area contributed by atoms with Crippen molar-refractivity contribution >= 4 is 46.4 Å². The van der Waals surface area contributed by atoms with E-state index in [9.17, 15) is 14.4 Å². The van der Waals surface area contributed by atoms with E-state index in [0.29, 0.717) is 22.7 Å². The second-order valence-electron chi connectivity index (χ2n) is 8.10. The van der Waals surface area contributed by atoms with Gasteiger partial charge in [0, 0.05) is 23.0 Å². The Balaban J connectivity index is 1.61. The largest absolute Gasteiger partial charge is 0.497 e. The van der Waals surface area contributed by atoms with Crippen molar-refractivity contribution in [2.45, 2.75) is 13.8 Å². The highest BCUT2D eigenvalue weighted by molar-refractivity contribution is 6.53. The number of methoxy groups -OCH3 is 2. The quantitative estimate of drug-likeness (QED) is 0.438. The van der Waals surface area contributed by atoms with Crippen LogP contribution in [0.5, 0.6) is 11.5 Å². The van der Waals surface area contributed by atoms with E-state index in [2.05, 4.69) is 10.6 Å². The topological polar surface area (TPSA) is 97.0 Å². The number of ether oxygens (including phenoxy) is 2. The number of amides is 3. The van der Waals surface area contributed by atoms with Crippen LogP contribution in [-0.2, 0) is 9.59 Å². The summed E-state index contributed by atoms with van der Waals surface area (Å²) < 4.78 is 10.5. The molecule has 9 heteroatoms. The molecule has 4 rings (SSSR count). The van der Waals surface area contributed by atoms with Gasteiger partial charge in [-0.25, -0.2) is 4.90 Å². The molecule has 3 aromatic carbocycles. The molecule has 0 fully saturated rings. The molecular weight excluding hydrogens is 482 g/mol. The third kappa shape index (κ3) is 4.63. The van der Waals surface area contributed by atoms with E-state index in [1.54, 1.807) is 36.4 Å². The van der Waals surface area contributed by atoms with Crippen LogP contribution in [0.15, 0.2) is 71.4 Å². The van der Waals surface area contributed by atoms with E-state index in [1.807, 2.05) is 38.1 Å². The van der Waals surface area contributed by atoms with Gasteiger partial charge in [-0.15, -0.1) is 0 Å². The van der Waals surface area contributed by atoms with Crippen molar-refractivity contribution in [2.75, 3.05) is 29.8 Å². The normalized spacial score (nSPS) is 13.2. The summed E-state index contributed by atoms with van der Waals surface area (Å²) in [5, 5.41) is 5.57. The van der Waals surface area contributed by atoms with Crippen molar-refractivity contribution in [1.29, 1.82) is 0 Å². The maximum Gasteiger partial charge on any atom is 0.283 e. The molecule has 184 valence electrons. The lowest BCUT2D eigenvalue weighted by Crippen LogP contribution is -2.32. The summed E-state index contributed by atoms with van der Waals surface area (Å²) in [6, 6.07) is 17.2. The highest BCUT2D eigenvalue weighted by Crippen LogP contribution is 2.38. The standard InChI is InChI=1S/C27H24ClN3O5/c1-15-7-5-6-8-19(15)30-25(32)17-10-9-16(2)20(13-17)29-24-23(28)26(33)31(27(24)34)21-12-11-18(35-3)14-22(21)36-4/h5-14,29H,1-4H3,(H,30,32). The first-order valence-corrected chi connectivity index (χ1v) is 11.4. The van der Waals surface area contributed by atoms with E-state index in [1.165, 1.54) is 14.2 Å². The van der Waals surface area contributed by atoms with Gasteiger partial charge in [0.05, 0.1) is 19.9 Å². The van der Waals surface area contributed by atoms with Crippen LogP contribution in [0, 0.1) is 13.8 Å². The lowest BCUT2D eigenvalue weighted by Gasteiger charge is -2.19. The van der Waals surface area contributed by atoms with Crippen molar-refractivity contribution in [3.63, 3.8) is 0 Å². The molecule has 1 heterocycles. The number of carbonyl (C=O) groups excluding carboxylic acids is 3. The zero-order valence-electron chi connectivity index (χ0n) is 20.1. The lowest BCUT2D eigenvalue weighted by atomic mass is 10.1. The minimum Gasteiger partial charge on any atom is -0.497 e. The van der Waals surface area contributed by atoms with Gasteiger partial charge in [0.1, 0.15) is 22.2 Å². The molecular formula is C27H24ClN3O5. The Kier molecular flexibility index (Phi) is 6.98.